The van der Waals surface area contributed by atoms with Gasteiger partial charge in [0.25, 0.3) is 0 Å². The van der Waals surface area contributed by atoms with Crippen molar-refractivity contribution in [1.29, 1.82) is 0 Å². The smallest absolute Gasteiger partial charge is 0.357 e. The zero-order valence-corrected chi connectivity index (χ0v) is 18.8. The highest BCUT2D eigenvalue weighted by Crippen LogP contribution is 2.43. The molecule has 1 heterocycles. The lowest BCUT2D eigenvalue weighted by molar-refractivity contribution is -0.179. The third kappa shape index (κ3) is 6.31. The van der Waals surface area contributed by atoms with Crippen molar-refractivity contribution in [1.82, 2.24) is 4.90 Å². The summed E-state index contributed by atoms with van der Waals surface area (Å²) >= 11 is 1.13. The highest BCUT2D eigenvalue weighted by atomic mass is 32.2. The predicted octanol–water partition coefficient (Wildman–Crippen LogP) is 2.39. The second-order valence-electron chi connectivity index (χ2n) is 8.55. The second kappa shape index (κ2) is 10.4. The predicted molar refractivity (Wildman–Crippen MR) is 111 cm³/mol. The van der Waals surface area contributed by atoms with Gasteiger partial charge in [-0.25, -0.2) is 9.59 Å². The first-order chi connectivity index (χ1) is 14.0. The van der Waals surface area contributed by atoms with Crippen LogP contribution in [0.3, 0.4) is 0 Å². The first-order valence-corrected chi connectivity index (χ1v) is 11.2. The van der Waals surface area contributed by atoms with Gasteiger partial charge in [-0.05, 0) is 49.3 Å². The number of rotatable bonds is 9. The van der Waals surface area contributed by atoms with Crippen molar-refractivity contribution in [3.8, 4) is 0 Å². The van der Waals surface area contributed by atoms with E-state index in [1.54, 1.807) is 0 Å². The van der Waals surface area contributed by atoms with Crippen LogP contribution in [0.5, 0.6) is 0 Å². The Morgan fingerprint density at radius 3 is 2.67 bits per heavy atom. The van der Waals surface area contributed by atoms with Crippen molar-refractivity contribution in [2.45, 2.75) is 77.5 Å². The van der Waals surface area contributed by atoms with E-state index in [4.69, 9.17) is 4.74 Å². The molecule has 1 N–H and O–H groups in total. The van der Waals surface area contributed by atoms with E-state index in [1.807, 2.05) is 0 Å². The fourth-order valence-electron chi connectivity index (χ4n) is 3.64. The van der Waals surface area contributed by atoms with E-state index in [1.165, 1.54) is 18.4 Å². The minimum absolute atomic E-state index is 0.104. The van der Waals surface area contributed by atoms with E-state index in [2.05, 4.69) is 25.5 Å². The molecule has 1 saturated heterocycles. The van der Waals surface area contributed by atoms with Crippen LogP contribution in [0.25, 0.3) is 0 Å². The Kier molecular flexibility index (Phi) is 8.49. The standard InChI is InChI=1S/C21H31NO7S/c1-13(2)21(4)8-5-6-15(11-21)29-18(25)7-9-30-17-10-16(24)22(17)19(26)20(27)28-12-14(3)23/h7,9,13,15,17,19,26H,5-6,8,10-12H2,1-4H3/t15?,17-,19?,21?/m1/s1. The van der Waals surface area contributed by atoms with E-state index < -0.39 is 36.1 Å². The van der Waals surface area contributed by atoms with Gasteiger partial charge in [-0.3, -0.25) is 14.5 Å². The maximum Gasteiger partial charge on any atom is 0.357 e. The van der Waals surface area contributed by atoms with Crippen LogP contribution in [0.2, 0.25) is 0 Å². The van der Waals surface area contributed by atoms with Gasteiger partial charge in [-0.15, -0.1) is 11.8 Å². The van der Waals surface area contributed by atoms with Crippen molar-refractivity contribution in [3.05, 3.63) is 11.5 Å². The van der Waals surface area contributed by atoms with Crippen molar-refractivity contribution in [3.63, 3.8) is 0 Å². The molecule has 2 fully saturated rings. The van der Waals surface area contributed by atoms with Crippen molar-refractivity contribution in [2.75, 3.05) is 6.61 Å². The topological polar surface area (TPSA) is 110 Å². The van der Waals surface area contributed by atoms with Crippen LogP contribution in [0.15, 0.2) is 11.5 Å². The summed E-state index contributed by atoms with van der Waals surface area (Å²) in [6, 6.07) is 0. The molecular weight excluding hydrogens is 410 g/mol. The molecule has 1 aliphatic carbocycles. The number of aliphatic hydroxyl groups excluding tert-OH is 1. The number of ether oxygens (including phenoxy) is 2. The van der Waals surface area contributed by atoms with Crippen LogP contribution < -0.4 is 0 Å². The number of carbonyl (C=O) groups excluding carboxylic acids is 4. The molecule has 1 aliphatic heterocycles. The Morgan fingerprint density at radius 1 is 1.37 bits per heavy atom. The van der Waals surface area contributed by atoms with E-state index in [0.717, 1.165) is 42.3 Å². The first-order valence-electron chi connectivity index (χ1n) is 10.2. The number of β-lactam (4-membered cyclic amide) rings is 1. The number of hydrogen-bond donors (Lipinski definition) is 1. The minimum Gasteiger partial charge on any atom is -0.459 e. The number of likely N-dealkylation sites (tertiary alicyclic amines) is 1. The molecule has 1 amide bonds. The normalized spacial score (nSPS) is 27.7. The van der Waals surface area contributed by atoms with E-state index in [0.29, 0.717) is 5.92 Å². The van der Waals surface area contributed by atoms with Gasteiger partial charge in [0.05, 0.1) is 11.8 Å². The van der Waals surface area contributed by atoms with Gasteiger partial charge in [0, 0.05) is 6.08 Å². The molecule has 0 aromatic carbocycles. The van der Waals surface area contributed by atoms with Crippen LogP contribution in [0, 0.1) is 11.3 Å². The van der Waals surface area contributed by atoms with E-state index in [-0.39, 0.29) is 23.7 Å². The van der Waals surface area contributed by atoms with Crippen LogP contribution in [0.1, 0.15) is 59.8 Å². The summed E-state index contributed by atoms with van der Waals surface area (Å²) in [6.07, 6.45) is 3.40. The maximum absolute atomic E-state index is 12.2. The van der Waals surface area contributed by atoms with Crippen LogP contribution >= 0.6 is 11.8 Å². The Hall–Kier alpha value is -1.87. The monoisotopic (exact) mass is 441 g/mol. The molecule has 0 bridgehead atoms. The summed E-state index contributed by atoms with van der Waals surface area (Å²) in [7, 11) is 0. The second-order valence-corrected chi connectivity index (χ2v) is 9.63. The summed E-state index contributed by atoms with van der Waals surface area (Å²) in [5, 5.41) is 11.0. The van der Waals surface area contributed by atoms with Crippen molar-refractivity contribution in [2.24, 2.45) is 11.3 Å². The summed E-state index contributed by atoms with van der Waals surface area (Å²) in [5.41, 5.74) is 0.168. The first kappa shape index (κ1) is 24.4. The number of Topliss-reactive ketones (excluding diaryl/α,β-unsaturated/α-hetero) is 1. The highest BCUT2D eigenvalue weighted by molar-refractivity contribution is 8.02. The average molecular weight is 442 g/mol. The van der Waals surface area contributed by atoms with E-state index in [9.17, 15) is 24.3 Å². The summed E-state index contributed by atoms with van der Waals surface area (Å²) in [4.78, 5) is 47.5. The van der Waals surface area contributed by atoms with Crippen molar-refractivity contribution < 1.29 is 33.8 Å². The molecule has 8 nitrogen and oxygen atoms in total. The largest absolute Gasteiger partial charge is 0.459 e. The van der Waals surface area contributed by atoms with Gasteiger partial charge < -0.3 is 14.6 Å². The fourth-order valence-corrected chi connectivity index (χ4v) is 4.62. The lowest BCUT2D eigenvalue weighted by atomic mass is 9.67. The molecule has 30 heavy (non-hydrogen) atoms. The quantitative estimate of drug-likeness (QED) is 0.330. The number of thioether (sulfide) groups is 1. The SMILES string of the molecule is CC(=O)COC(=O)C(O)N1C(=O)C[C@H]1SC=CC(=O)OC1CCCC(C)(C(C)C)C1. The number of esters is 2. The van der Waals surface area contributed by atoms with Crippen LogP contribution in [-0.4, -0.2) is 57.9 Å². The van der Waals surface area contributed by atoms with Gasteiger partial charge in [0.2, 0.25) is 12.1 Å². The molecule has 1 saturated carbocycles. The number of aliphatic hydroxyl groups is 1. The number of hydrogen-bond acceptors (Lipinski definition) is 8. The van der Waals surface area contributed by atoms with E-state index >= 15 is 0 Å². The zero-order chi connectivity index (χ0) is 22.5. The van der Waals surface area contributed by atoms with Gasteiger partial charge in [0.1, 0.15) is 12.7 Å². The van der Waals surface area contributed by atoms with Gasteiger partial charge in [-0.2, -0.15) is 0 Å². The molecule has 168 valence electrons. The van der Waals surface area contributed by atoms with Crippen LogP contribution in [0.4, 0.5) is 0 Å². The molecule has 3 unspecified atom stereocenters. The van der Waals surface area contributed by atoms with Gasteiger partial charge in [-0.1, -0.05) is 20.8 Å². The lowest BCUT2D eigenvalue weighted by Crippen LogP contribution is -2.58. The molecule has 4 atom stereocenters. The molecule has 0 spiro atoms. The highest BCUT2D eigenvalue weighted by Gasteiger charge is 2.44. The summed E-state index contributed by atoms with van der Waals surface area (Å²) in [5.74, 6) is -1.77. The van der Waals surface area contributed by atoms with Gasteiger partial charge >= 0.3 is 11.9 Å². The Morgan fingerprint density at radius 2 is 2.07 bits per heavy atom. The Labute approximate surface area is 181 Å². The third-order valence-corrected chi connectivity index (χ3v) is 6.93. The molecule has 9 heteroatoms. The maximum atomic E-state index is 12.2. The molecular formula is C21H31NO7S. The summed E-state index contributed by atoms with van der Waals surface area (Å²) < 4.78 is 10.2. The zero-order valence-electron chi connectivity index (χ0n) is 18.0. The third-order valence-electron chi connectivity index (χ3n) is 5.92. The Balaban J connectivity index is 1.81. The van der Waals surface area contributed by atoms with Gasteiger partial charge in [0.15, 0.2) is 5.78 Å². The Bertz CT molecular complexity index is 707. The number of nitrogens with zero attached hydrogens (tertiary/aromatic N) is 1. The minimum atomic E-state index is -1.78. The lowest BCUT2D eigenvalue weighted by Gasteiger charge is -2.41. The number of carbonyl (C=O) groups is 4. The molecule has 2 rings (SSSR count). The average Bonchev–Trinajstić information content (AvgIpc) is 2.65. The van der Waals surface area contributed by atoms with Crippen LogP contribution in [-0.2, 0) is 28.7 Å². The number of ketones is 1. The molecule has 0 aromatic rings. The summed E-state index contributed by atoms with van der Waals surface area (Å²) in [6.45, 7) is 7.40. The molecule has 0 radical (unpaired) electrons. The molecule has 2 aliphatic rings. The fraction of sp³-hybridized carbons (Fsp3) is 0.714. The van der Waals surface area contributed by atoms with Crippen molar-refractivity contribution >= 4 is 35.4 Å². The number of amides is 1. The molecule has 0 aromatic heterocycles.